The Bertz CT molecular complexity index is 109. The second-order valence-corrected chi connectivity index (χ2v) is 6.31. The smallest absolute Gasteiger partial charge is 0.336 e. The highest BCUT2D eigenvalue weighted by Crippen LogP contribution is 2.12. The molecule has 0 aliphatic heterocycles. The molecule has 68 valence electrons. The average Bonchev–Trinajstić information content (AvgIpc) is 2.04. The van der Waals surface area contributed by atoms with Gasteiger partial charge in [0.25, 0.3) is 0 Å². The van der Waals surface area contributed by atoms with Crippen molar-refractivity contribution in [1.82, 2.24) is 5.43 Å². The first-order valence-electron chi connectivity index (χ1n) is 3.64. The first-order chi connectivity index (χ1) is 5.08. The summed E-state index contributed by atoms with van der Waals surface area (Å²) in [4.78, 5) is 0. The lowest BCUT2D eigenvalue weighted by atomic mass is 10.4. The fourth-order valence-electron chi connectivity index (χ4n) is 0.865. The van der Waals surface area contributed by atoms with Gasteiger partial charge in [0.05, 0.1) is 0 Å². The molecule has 0 saturated heterocycles. The monoisotopic (exact) mass is 178 g/mol. The maximum Gasteiger partial charge on any atom is 0.336 e. The van der Waals surface area contributed by atoms with Gasteiger partial charge in [-0.3, -0.25) is 11.3 Å². The molecule has 0 aliphatic rings. The van der Waals surface area contributed by atoms with E-state index in [2.05, 4.69) is 5.43 Å². The van der Waals surface area contributed by atoms with Crippen molar-refractivity contribution in [3.8, 4) is 0 Å². The van der Waals surface area contributed by atoms with E-state index in [1.165, 1.54) is 0 Å². The largest absolute Gasteiger partial charge is 0.398 e. The Morgan fingerprint density at radius 1 is 1.45 bits per heavy atom. The molecule has 0 saturated carbocycles. The van der Waals surface area contributed by atoms with E-state index in [9.17, 15) is 0 Å². The molecule has 5 heteroatoms. The molecule has 0 heterocycles. The van der Waals surface area contributed by atoms with Gasteiger partial charge in [0.2, 0.25) is 0 Å². The molecule has 3 N–H and O–H groups in total. The van der Waals surface area contributed by atoms with E-state index in [-0.39, 0.29) is 6.04 Å². The molecule has 11 heavy (non-hydrogen) atoms. The van der Waals surface area contributed by atoms with Crippen molar-refractivity contribution in [3.05, 3.63) is 0 Å². The van der Waals surface area contributed by atoms with Crippen LogP contribution < -0.4 is 11.3 Å². The van der Waals surface area contributed by atoms with Gasteiger partial charge < -0.3 is 8.85 Å². The lowest BCUT2D eigenvalue weighted by Crippen LogP contribution is -2.44. The van der Waals surface area contributed by atoms with Crippen molar-refractivity contribution < 1.29 is 8.85 Å². The van der Waals surface area contributed by atoms with Crippen LogP contribution in [0.2, 0.25) is 12.6 Å². The van der Waals surface area contributed by atoms with Gasteiger partial charge in [0, 0.05) is 26.3 Å². The second-order valence-electron chi connectivity index (χ2n) is 2.81. The summed E-state index contributed by atoms with van der Waals surface area (Å²) < 4.78 is 10.6. The Hall–Kier alpha value is 0.0569. The van der Waals surface area contributed by atoms with Gasteiger partial charge in [-0.25, -0.2) is 0 Å². The molecule has 0 aliphatic carbocycles. The van der Waals surface area contributed by atoms with Crippen LogP contribution in [0.1, 0.15) is 6.92 Å². The maximum atomic E-state index is 5.28. The minimum absolute atomic E-state index is 0.242. The van der Waals surface area contributed by atoms with Crippen LogP contribution in [0.3, 0.4) is 0 Å². The molecule has 0 fully saturated rings. The predicted octanol–water partition coefficient (Wildman–Crippen LogP) is 0.203. The first-order valence-corrected chi connectivity index (χ1v) is 6.16. The van der Waals surface area contributed by atoms with Crippen molar-refractivity contribution in [2.45, 2.75) is 25.6 Å². The van der Waals surface area contributed by atoms with Crippen molar-refractivity contribution in [3.63, 3.8) is 0 Å². The predicted molar refractivity (Wildman–Crippen MR) is 47.2 cm³/mol. The van der Waals surface area contributed by atoms with E-state index in [0.717, 1.165) is 6.04 Å². The molecular weight excluding hydrogens is 160 g/mol. The number of nitrogens with two attached hydrogens (primary N) is 1. The van der Waals surface area contributed by atoms with E-state index >= 15 is 0 Å². The number of hydrogen-bond donors (Lipinski definition) is 2. The van der Waals surface area contributed by atoms with Crippen LogP contribution in [-0.4, -0.2) is 28.8 Å². The highest BCUT2D eigenvalue weighted by molar-refractivity contribution is 6.66. The standard InChI is InChI=1S/C6H18N2O2Si/c1-6(8-7)5-11(4,9-2)10-3/h6,8H,5,7H2,1-4H3. The summed E-state index contributed by atoms with van der Waals surface area (Å²) in [6.07, 6.45) is 0. The number of hydrogen-bond acceptors (Lipinski definition) is 4. The molecule has 0 aromatic rings. The molecule has 4 nitrogen and oxygen atoms in total. The zero-order chi connectivity index (χ0) is 8.91. The third-order valence-corrected chi connectivity index (χ3v) is 4.91. The normalized spacial score (nSPS) is 15.0. The highest BCUT2D eigenvalue weighted by atomic mass is 28.4. The summed E-state index contributed by atoms with van der Waals surface area (Å²) in [5, 5.41) is 0. The Labute approximate surface area is 69.3 Å². The topological polar surface area (TPSA) is 56.5 Å². The molecule has 0 aromatic heterocycles. The summed E-state index contributed by atoms with van der Waals surface area (Å²) >= 11 is 0. The molecule has 0 bridgehead atoms. The fourth-order valence-corrected chi connectivity index (χ4v) is 2.60. The van der Waals surface area contributed by atoms with E-state index in [1.54, 1.807) is 14.2 Å². The van der Waals surface area contributed by atoms with E-state index in [1.807, 2.05) is 13.5 Å². The van der Waals surface area contributed by atoms with Crippen molar-refractivity contribution >= 4 is 8.56 Å². The second kappa shape index (κ2) is 4.84. The average molecular weight is 178 g/mol. The van der Waals surface area contributed by atoms with Gasteiger partial charge in [-0.15, -0.1) is 0 Å². The number of hydrazine groups is 1. The zero-order valence-corrected chi connectivity index (χ0v) is 8.68. The van der Waals surface area contributed by atoms with Crippen LogP contribution in [0.5, 0.6) is 0 Å². The molecule has 0 spiro atoms. The Morgan fingerprint density at radius 2 is 1.91 bits per heavy atom. The highest BCUT2D eigenvalue weighted by Gasteiger charge is 2.30. The van der Waals surface area contributed by atoms with Crippen LogP contribution in [0, 0.1) is 0 Å². The van der Waals surface area contributed by atoms with Crippen molar-refractivity contribution in [2.75, 3.05) is 14.2 Å². The third kappa shape index (κ3) is 3.83. The summed E-state index contributed by atoms with van der Waals surface area (Å²) in [7, 11) is 1.44. The van der Waals surface area contributed by atoms with E-state index in [0.29, 0.717) is 0 Å². The summed E-state index contributed by atoms with van der Waals surface area (Å²) in [6.45, 7) is 4.02. The molecule has 0 aromatic carbocycles. The van der Waals surface area contributed by atoms with Gasteiger partial charge in [0.15, 0.2) is 0 Å². The van der Waals surface area contributed by atoms with Crippen LogP contribution in [0.4, 0.5) is 0 Å². The van der Waals surface area contributed by atoms with Crippen LogP contribution in [0.15, 0.2) is 0 Å². The Morgan fingerprint density at radius 3 is 2.18 bits per heavy atom. The van der Waals surface area contributed by atoms with Gasteiger partial charge in [-0.1, -0.05) is 0 Å². The van der Waals surface area contributed by atoms with Gasteiger partial charge >= 0.3 is 8.56 Å². The Balaban J connectivity index is 3.86. The van der Waals surface area contributed by atoms with Crippen LogP contribution >= 0.6 is 0 Å². The summed E-state index contributed by atoms with van der Waals surface area (Å²) in [6, 6.07) is 1.10. The number of nitrogens with one attached hydrogen (secondary N) is 1. The minimum Gasteiger partial charge on any atom is -0.398 e. The van der Waals surface area contributed by atoms with E-state index in [4.69, 9.17) is 14.7 Å². The summed E-state index contributed by atoms with van der Waals surface area (Å²) in [5.41, 5.74) is 2.66. The van der Waals surface area contributed by atoms with Gasteiger partial charge in [-0.2, -0.15) is 0 Å². The van der Waals surface area contributed by atoms with Gasteiger partial charge in [0.1, 0.15) is 0 Å². The maximum absolute atomic E-state index is 5.28. The quantitative estimate of drug-likeness (QED) is 0.359. The molecule has 0 amide bonds. The van der Waals surface area contributed by atoms with Gasteiger partial charge in [-0.05, 0) is 13.5 Å². The van der Waals surface area contributed by atoms with Crippen LogP contribution in [-0.2, 0) is 8.85 Å². The van der Waals surface area contributed by atoms with Crippen LogP contribution in [0.25, 0.3) is 0 Å². The van der Waals surface area contributed by atoms with Crippen molar-refractivity contribution in [2.24, 2.45) is 5.84 Å². The Kier molecular flexibility index (Phi) is 4.86. The molecule has 1 unspecified atom stereocenters. The lowest BCUT2D eigenvalue weighted by Gasteiger charge is -2.25. The lowest BCUT2D eigenvalue weighted by molar-refractivity contribution is 0.245. The fraction of sp³-hybridized carbons (Fsp3) is 1.00. The SMILES string of the molecule is CO[Si](C)(CC(C)NN)OC. The molecule has 0 rings (SSSR count). The van der Waals surface area contributed by atoms with Crippen molar-refractivity contribution in [1.29, 1.82) is 0 Å². The third-order valence-electron chi connectivity index (χ3n) is 1.83. The molecule has 0 radical (unpaired) electrons. The minimum atomic E-state index is -1.92. The molecule has 1 atom stereocenters. The van der Waals surface area contributed by atoms with E-state index < -0.39 is 8.56 Å². The molecular formula is C6H18N2O2Si. The summed E-state index contributed by atoms with van der Waals surface area (Å²) in [5.74, 6) is 5.25. The zero-order valence-electron chi connectivity index (χ0n) is 7.68. The number of rotatable bonds is 5. The first kappa shape index (κ1) is 11.1.